The van der Waals surface area contributed by atoms with Crippen molar-refractivity contribution >= 4 is 21.2 Å². The minimum atomic E-state index is -2.83. The van der Waals surface area contributed by atoms with E-state index in [0.717, 1.165) is 38.5 Å². The smallest absolute Gasteiger partial charge is 0.152 e. The summed E-state index contributed by atoms with van der Waals surface area (Å²) in [6.07, 6.45) is 12.8. The molecule has 6 fully saturated rings. The fourth-order valence-corrected chi connectivity index (χ4v) is 15.5. The highest BCUT2D eigenvalue weighted by Crippen LogP contribution is 2.76. The van der Waals surface area contributed by atoms with Gasteiger partial charge in [0.25, 0.3) is 0 Å². The van der Waals surface area contributed by atoms with Crippen molar-refractivity contribution in [2.45, 2.75) is 111 Å². The van der Waals surface area contributed by atoms with Gasteiger partial charge in [-0.2, -0.15) is 0 Å². The van der Waals surface area contributed by atoms with Gasteiger partial charge in [0.05, 0.1) is 17.2 Å². The number of piperidine rings is 1. The number of benzene rings is 1. The molecule has 0 unspecified atom stereocenters. The van der Waals surface area contributed by atoms with Crippen LogP contribution in [-0.4, -0.2) is 80.0 Å². The van der Waals surface area contributed by atoms with E-state index >= 15 is 0 Å². The Balaban J connectivity index is 1.07. The molecule has 2 saturated heterocycles. The van der Waals surface area contributed by atoms with E-state index in [1.807, 2.05) is 12.1 Å². The lowest BCUT2D eigenvalue weighted by atomic mass is 9.33. The van der Waals surface area contributed by atoms with Crippen LogP contribution in [0.15, 0.2) is 36.4 Å². The van der Waals surface area contributed by atoms with Crippen LogP contribution in [0.1, 0.15) is 106 Å². The molecule has 2 heterocycles. The van der Waals surface area contributed by atoms with Gasteiger partial charge >= 0.3 is 0 Å². The highest BCUT2D eigenvalue weighted by molar-refractivity contribution is 7.91. The Morgan fingerprint density at radius 2 is 1.59 bits per heavy atom. The molecule has 51 heavy (non-hydrogen) atoms. The number of hydrogen-bond acceptors (Lipinski definition) is 8. The molecule has 8 nitrogen and oxygen atoms in total. The van der Waals surface area contributed by atoms with Crippen LogP contribution in [0, 0.1) is 51.2 Å². The molecule has 286 valence electrons. The van der Waals surface area contributed by atoms with Crippen molar-refractivity contribution in [2.24, 2.45) is 51.2 Å². The number of nitrogens with zero attached hydrogens (tertiary/aromatic N) is 3. The van der Waals surface area contributed by atoms with E-state index in [9.17, 15) is 18.8 Å². The molecule has 6 aliphatic rings. The van der Waals surface area contributed by atoms with Crippen LogP contribution in [0.2, 0.25) is 0 Å². The van der Waals surface area contributed by atoms with Gasteiger partial charge in [-0.15, -0.1) is 5.23 Å². The van der Waals surface area contributed by atoms with E-state index in [0.29, 0.717) is 70.2 Å². The number of sulfone groups is 1. The van der Waals surface area contributed by atoms with Gasteiger partial charge in [-0.05, 0) is 174 Å². The lowest BCUT2D eigenvalue weighted by Gasteiger charge is -2.73. The first kappa shape index (κ1) is 37.7. The first-order valence-electron chi connectivity index (χ1n) is 20.3. The largest absolute Gasteiger partial charge is 0.366 e. The third-order valence-corrected chi connectivity index (χ3v) is 18.7. The normalized spacial score (nSPS) is 41.6. The van der Waals surface area contributed by atoms with E-state index in [1.165, 1.54) is 69.0 Å². The highest BCUT2D eigenvalue weighted by Gasteiger charge is 2.70. The summed E-state index contributed by atoms with van der Waals surface area (Å²) in [6.45, 7) is 25.5. The van der Waals surface area contributed by atoms with E-state index in [1.54, 1.807) is 12.1 Å². The molecule has 0 spiro atoms. The zero-order valence-electron chi connectivity index (χ0n) is 32.6. The zero-order chi connectivity index (χ0) is 36.6. The van der Waals surface area contributed by atoms with Gasteiger partial charge < -0.3 is 15.1 Å². The van der Waals surface area contributed by atoms with Crippen molar-refractivity contribution in [2.75, 3.05) is 60.9 Å². The Labute approximate surface area is 309 Å². The van der Waals surface area contributed by atoms with Crippen LogP contribution in [0.4, 0.5) is 11.4 Å². The van der Waals surface area contributed by atoms with Crippen LogP contribution in [0.25, 0.3) is 0 Å². The summed E-state index contributed by atoms with van der Waals surface area (Å²) in [5.41, 5.74) is 4.23. The van der Waals surface area contributed by atoms with Crippen molar-refractivity contribution in [3.63, 3.8) is 0 Å². The molecule has 9 atom stereocenters. The average Bonchev–Trinajstić information content (AvgIpc) is 3.45. The molecule has 7 rings (SSSR count). The third-order valence-electron chi connectivity index (χ3n) is 17.1. The quantitative estimate of drug-likeness (QED) is 0.135. The Morgan fingerprint density at radius 1 is 0.882 bits per heavy atom. The molecular weight excluding hydrogens is 657 g/mol. The number of rotatable bonds is 9. The molecule has 0 amide bonds. The SMILES string of the molecule is C=C(C)[C@@H]1CC[C@]2(CNCCCN3CCS(=O)(=O)CC3)CC[C@]3(C)[C@H](CC[C@@H]4[C@@]5(C)CCN(c6ccc(N(O)O)cc6)C(C)(C)[C@@H]5CC[C@]43C)[C@@H]12. The monoisotopic (exact) mass is 724 g/mol. The molecule has 3 N–H and O–H groups in total. The summed E-state index contributed by atoms with van der Waals surface area (Å²) in [7, 11) is -2.83. The van der Waals surface area contributed by atoms with Gasteiger partial charge in [0.15, 0.2) is 9.84 Å². The first-order chi connectivity index (χ1) is 24.0. The summed E-state index contributed by atoms with van der Waals surface area (Å²) >= 11 is 0. The predicted molar refractivity (Wildman–Crippen MR) is 207 cm³/mol. The molecule has 1 aromatic rings. The minimum Gasteiger partial charge on any atom is -0.366 e. The van der Waals surface area contributed by atoms with Crippen molar-refractivity contribution in [1.29, 1.82) is 0 Å². The number of anilines is 2. The Kier molecular flexibility index (Phi) is 9.81. The first-order valence-corrected chi connectivity index (χ1v) is 22.1. The lowest BCUT2D eigenvalue weighted by Crippen LogP contribution is -2.70. The fraction of sp³-hybridized carbons (Fsp3) is 0.810. The second-order valence-electron chi connectivity index (χ2n) is 19.4. The maximum atomic E-state index is 11.9. The van der Waals surface area contributed by atoms with Gasteiger partial charge in [-0.1, -0.05) is 32.9 Å². The zero-order valence-corrected chi connectivity index (χ0v) is 33.4. The molecule has 4 saturated carbocycles. The van der Waals surface area contributed by atoms with E-state index in [-0.39, 0.29) is 16.2 Å². The van der Waals surface area contributed by atoms with Gasteiger partial charge in [-0.25, -0.2) is 8.42 Å². The van der Waals surface area contributed by atoms with Crippen LogP contribution in [0.3, 0.4) is 0 Å². The molecule has 0 bridgehead atoms. The van der Waals surface area contributed by atoms with Crippen molar-refractivity contribution in [3.8, 4) is 0 Å². The van der Waals surface area contributed by atoms with Crippen LogP contribution < -0.4 is 15.4 Å². The maximum absolute atomic E-state index is 11.9. The molecule has 9 heteroatoms. The number of nitrogens with one attached hydrogen (secondary N) is 1. The van der Waals surface area contributed by atoms with E-state index in [2.05, 4.69) is 63.2 Å². The van der Waals surface area contributed by atoms with E-state index < -0.39 is 9.84 Å². The standard InChI is InChI=1S/C42H68N4O4S/c1-30(2)33-15-18-42(29-43-22-8-23-44-25-27-51(49,50)28-26-44)20-19-40(6)34(37(33)42)13-14-36-39(5)21-24-45(31-9-11-32(12-10-31)46(47)48)38(3,4)35(39)16-17-41(36,40)7/h9-12,33-37,43,47-48H,1,8,13-29H2,2-7H3/t33-,34+,35-,36+,37+,39-,40+,41+,42+/m0/s1. The second-order valence-corrected chi connectivity index (χ2v) is 21.7. The minimum absolute atomic E-state index is 0.00130. The number of fused-ring (bicyclic) bond motifs is 7. The predicted octanol–water partition coefficient (Wildman–Crippen LogP) is 7.81. The lowest BCUT2D eigenvalue weighted by molar-refractivity contribution is -0.227. The van der Waals surface area contributed by atoms with E-state index in [4.69, 9.17) is 0 Å². The maximum Gasteiger partial charge on any atom is 0.152 e. The molecule has 4 aliphatic carbocycles. The Morgan fingerprint density at radius 3 is 2.25 bits per heavy atom. The molecule has 0 aromatic heterocycles. The summed E-state index contributed by atoms with van der Waals surface area (Å²) in [5, 5.41) is 23.2. The third kappa shape index (κ3) is 6.11. The number of hydrogen-bond donors (Lipinski definition) is 3. The highest BCUT2D eigenvalue weighted by atomic mass is 32.2. The second kappa shape index (κ2) is 13.3. The summed E-state index contributed by atoms with van der Waals surface area (Å²) in [5.74, 6) is 4.00. The summed E-state index contributed by atoms with van der Waals surface area (Å²) in [6, 6.07) is 7.69. The van der Waals surface area contributed by atoms with Gasteiger partial charge in [0.2, 0.25) is 0 Å². The molecule has 0 radical (unpaired) electrons. The van der Waals surface area contributed by atoms with Gasteiger partial charge in [-0.3, -0.25) is 10.4 Å². The van der Waals surface area contributed by atoms with Crippen LogP contribution in [0.5, 0.6) is 0 Å². The van der Waals surface area contributed by atoms with Crippen LogP contribution in [-0.2, 0) is 9.84 Å². The molecule has 1 aromatic carbocycles. The topological polar surface area (TPSA) is 96.4 Å². The Bertz CT molecular complexity index is 1550. The average molecular weight is 725 g/mol. The Hall–Kier alpha value is -1.65. The molecular formula is C42H68N4O4S. The van der Waals surface area contributed by atoms with Crippen molar-refractivity contribution in [1.82, 2.24) is 10.2 Å². The number of allylic oxidation sites excluding steroid dienone is 1. The van der Waals surface area contributed by atoms with Crippen molar-refractivity contribution in [3.05, 3.63) is 36.4 Å². The summed E-state index contributed by atoms with van der Waals surface area (Å²) < 4.78 is 23.8. The molecule has 2 aliphatic heterocycles. The van der Waals surface area contributed by atoms with Gasteiger partial charge in [0.1, 0.15) is 0 Å². The van der Waals surface area contributed by atoms with Crippen molar-refractivity contribution < 1.29 is 18.8 Å². The fourth-order valence-electron chi connectivity index (χ4n) is 14.3. The van der Waals surface area contributed by atoms with Crippen LogP contribution >= 0.6 is 0 Å². The van der Waals surface area contributed by atoms with Gasteiger partial charge in [0, 0.05) is 37.4 Å². The summed E-state index contributed by atoms with van der Waals surface area (Å²) in [4.78, 5) is 4.94.